The summed E-state index contributed by atoms with van der Waals surface area (Å²) in [6.07, 6.45) is 1.44. The number of hydrazone groups is 1. The summed E-state index contributed by atoms with van der Waals surface area (Å²) in [5, 5.41) is 25.4. The highest BCUT2D eigenvalue weighted by atomic mass is 32.2. The largest absolute Gasteiger partial charge is 0.351 e. The molecule has 1 aromatic heterocycles. The van der Waals surface area contributed by atoms with Crippen molar-refractivity contribution in [1.29, 1.82) is 0 Å². The number of amides is 1. The summed E-state index contributed by atoms with van der Waals surface area (Å²) < 4.78 is 14.0. The van der Waals surface area contributed by atoms with Gasteiger partial charge in [-0.15, -0.1) is 10.2 Å². The third-order valence-corrected chi connectivity index (χ3v) is 4.82. The molecule has 0 aliphatic rings. The number of nitro groups is 1. The number of carbonyl (C=O) groups is 1. The molecule has 0 aliphatic heterocycles. The molecule has 0 aliphatic carbocycles. The summed E-state index contributed by atoms with van der Waals surface area (Å²) in [7, 11) is 0. The molecule has 0 saturated heterocycles. The van der Waals surface area contributed by atoms with Gasteiger partial charge in [-0.3, -0.25) is 14.9 Å². The van der Waals surface area contributed by atoms with Crippen LogP contribution in [0.5, 0.6) is 0 Å². The normalized spacial score (nSPS) is 10.9. The first kappa shape index (κ1) is 21.7. The molecular formula is C18H17FN8O3S. The van der Waals surface area contributed by atoms with E-state index in [9.17, 15) is 19.3 Å². The maximum atomic E-state index is 12.9. The van der Waals surface area contributed by atoms with Crippen LogP contribution in [0.25, 0.3) is 0 Å². The minimum absolute atomic E-state index is 0.0184. The highest BCUT2D eigenvalue weighted by molar-refractivity contribution is 7.99. The first-order valence-corrected chi connectivity index (χ1v) is 9.79. The molecule has 31 heavy (non-hydrogen) atoms. The molecule has 0 bridgehead atoms. The van der Waals surface area contributed by atoms with Crippen molar-refractivity contribution in [2.45, 2.75) is 11.7 Å². The van der Waals surface area contributed by atoms with E-state index >= 15 is 0 Å². The van der Waals surface area contributed by atoms with Crippen LogP contribution in [-0.4, -0.2) is 37.7 Å². The Morgan fingerprint density at radius 2 is 1.94 bits per heavy atom. The Bertz CT molecular complexity index is 1090. The molecule has 3 aromatic rings. The second kappa shape index (κ2) is 10.2. The number of nitro benzene ring substituents is 1. The topological polar surface area (TPSA) is 153 Å². The van der Waals surface area contributed by atoms with E-state index < -0.39 is 4.92 Å². The Kier molecular flexibility index (Phi) is 7.11. The first-order chi connectivity index (χ1) is 14.9. The zero-order chi connectivity index (χ0) is 22.2. The van der Waals surface area contributed by atoms with E-state index in [0.29, 0.717) is 10.7 Å². The maximum Gasteiger partial charge on any atom is 0.269 e. The van der Waals surface area contributed by atoms with Crippen LogP contribution in [0.4, 0.5) is 16.0 Å². The van der Waals surface area contributed by atoms with Crippen LogP contribution >= 0.6 is 11.8 Å². The van der Waals surface area contributed by atoms with Crippen molar-refractivity contribution in [1.82, 2.24) is 20.2 Å². The molecule has 160 valence electrons. The lowest BCUT2D eigenvalue weighted by molar-refractivity contribution is -0.384. The number of nitrogens with two attached hydrogens (primary N) is 1. The van der Waals surface area contributed by atoms with Gasteiger partial charge >= 0.3 is 0 Å². The van der Waals surface area contributed by atoms with Gasteiger partial charge in [0.2, 0.25) is 11.1 Å². The predicted octanol–water partition coefficient (Wildman–Crippen LogP) is 1.89. The van der Waals surface area contributed by atoms with E-state index in [0.717, 1.165) is 22.0 Å². The molecule has 0 spiro atoms. The molecule has 0 saturated carbocycles. The third-order valence-electron chi connectivity index (χ3n) is 3.88. The number of nitrogen functional groups attached to an aromatic ring is 1. The second-order valence-corrected chi connectivity index (χ2v) is 7.03. The summed E-state index contributed by atoms with van der Waals surface area (Å²) in [6.45, 7) is 0.277. The number of benzene rings is 2. The quantitative estimate of drug-likeness (QED) is 0.149. The Labute approximate surface area is 179 Å². The third kappa shape index (κ3) is 6.24. The lowest BCUT2D eigenvalue weighted by Gasteiger charge is -2.05. The van der Waals surface area contributed by atoms with Gasteiger partial charge in [-0.05, 0) is 35.4 Å². The molecule has 0 fully saturated rings. The van der Waals surface area contributed by atoms with Gasteiger partial charge in [-0.2, -0.15) is 5.10 Å². The first-order valence-electron chi connectivity index (χ1n) is 8.80. The number of aromatic nitrogens is 3. The Balaban J connectivity index is 1.47. The van der Waals surface area contributed by atoms with Gasteiger partial charge in [-0.1, -0.05) is 23.9 Å². The minimum atomic E-state index is -0.488. The molecule has 13 heteroatoms. The number of rotatable bonds is 9. The second-order valence-electron chi connectivity index (χ2n) is 6.09. The summed E-state index contributed by atoms with van der Waals surface area (Å²) in [5.41, 5.74) is 4.01. The van der Waals surface area contributed by atoms with Gasteiger partial charge in [-0.25, -0.2) is 14.5 Å². The SMILES string of the molecule is Nn1c(N/N=C/c2ccc([N+](=O)[O-])cc2)nnc1SCC(=O)NCc1ccc(F)cc1. The van der Waals surface area contributed by atoms with Crippen LogP contribution in [-0.2, 0) is 11.3 Å². The Morgan fingerprint density at radius 1 is 1.23 bits per heavy atom. The van der Waals surface area contributed by atoms with Crippen LogP contribution in [0.1, 0.15) is 11.1 Å². The van der Waals surface area contributed by atoms with Crippen LogP contribution in [0, 0.1) is 15.9 Å². The summed E-state index contributed by atoms with van der Waals surface area (Å²) in [5.74, 6) is 5.51. The van der Waals surface area contributed by atoms with Gasteiger partial charge in [0.1, 0.15) is 5.82 Å². The number of carbonyl (C=O) groups excluding carboxylic acids is 1. The molecule has 2 aromatic carbocycles. The molecule has 0 unspecified atom stereocenters. The molecule has 0 radical (unpaired) electrons. The van der Waals surface area contributed by atoms with Crippen LogP contribution in [0.15, 0.2) is 58.8 Å². The fourth-order valence-electron chi connectivity index (χ4n) is 2.28. The molecule has 0 atom stereocenters. The Hall–Kier alpha value is -4.00. The molecular weight excluding hydrogens is 427 g/mol. The lowest BCUT2D eigenvalue weighted by atomic mass is 10.2. The van der Waals surface area contributed by atoms with Gasteiger partial charge < -0.3 is 11.2 Å². The van der Waals surface area contributed by atoms with E-state index in [1.54, 1.807) is 24.3 Å². The summed E-state index contributed by atoms with van der Waals surface area (Å²) in [6, 6.07) is 11.6. The van der Waals surface area contributed by atoms with Crippen molar-refractivity contribution >= 4 is 35.5 Å². The average Bonchev–Trinajstić information content (AvgIpc) is 3.11. The van der Waals surface area contributed by atoms with E-state index in [-0.39, 0.29) is 35.7 Å². The smallest absolute Gasteiger partial charge is 0.269 e. The highest BCUT2D eigenvalue weighted by Gasteiger charge is 2.12. The maximum absolute atomic E-state index is 12.9. The number of halogens is 1. The fourth-order valence-corrected chi connectivity index (χ4v) is 2.97. The van der Waals surface area contributed by atoms with Gasteiger partial charge in [0.15, 0.2) is 0 Å². The van der Waals surface area contributed by atoms with E-state index in [4.69, 9.17) is 5.84 Å². The molecule has 1 amide bonds. The molecule has 3 rings (SSSR count). The number of nitrogens with zero attached hydrogens (tertiary/aromatic N) is 5. The summed E-state index contributed by atoms with van der Waals surface area (Å²) >= 11 is 1.08. The molecule has 11 nitrogen and oxygen atoms in total. The number of nitrogens with one attached hydrogen (secondary N) is 2. The number of non-ortho nitro benzene ring substituents is 1. The highest BCUT2D eigenvalue weighted by Crippen LogP contribution is 2.16. The van der Waals surface area contributed by atoms with Gasteiger partial charge in [0, 0.05) is 18.7 Å². The molecule has 4 N–H and O–H groups in total. The summed E-state index contributed by atoms with van der Waals surface area (Å²) in [4.78, 5) is 22.1. The van der Waals surface area contributed by atoms with Crippen LogP contribution in [0.3, 0.4) is 0 Å². The fraction of sp³-hybridized carbons (Fsp3) is 0.111. The van der Waals surface area contributed by atoms with Crippen molar-refractivity contribution in [3.05, 3.63) is 75.6 Å². The van der Waals surface area contributed by atoms with Crippen LogP contribution < -0.4 is 16.6 Å². The minimum Gasteiger partial charge on any atom is -0.351 e. The van der Waals surface area contributed by atoms with Crippen molar-refractivity contribution in [3.63, 3.8) is 0 Å². The van der Waals surface area contributed by atoms with Crippen molar-refractivity contribution in [2.24, 2.45) is 5.10 Å². The van der Waals surface area contributed by atoms with Crippen molar-refractivity contribution < 1.29 is 14.1 Å². The average molecular weight is 444 g/mol. The number of hydrogen-bond donors (Lipinski definition) is 3. The van der Waals surface area contributed by atoms with Crippen LogP contribution in [0.2, 0.25) is 0 Å². The zero-order valence-corrected chi connectivity index (χ0v) is 16.8. The Morgan fingerprint density at radius 3 is 2.61 bits per heavy atom. The standard InChI is InChI=1S/C18H17FN8O3S/c19-14-5-1-12(2-6-14)9-21-16(28)11-31-18-25-24-17(26(18)20)23-22-10-13-3-7-15(8-4-13)27(29)30/h1-8,10H,9,11,20H2,(H,21,28)(H,23,24)/b22-10+. The predicted molar refractivity (Wildman–Crippen MR) is 113 cm³/mol. The van der Waals surface area contributed by atoms with E-state index in [1.807, 2.05) is 0 Å². The monoisotopic (exact) mass is 444 g/mol. The van der Waals surface area contributed by atoms with E-state index in [2.05, 4.69) is 26.0 Å². The van der Waals surface area contributed by atoms with Gasteiger partial charge in [0.05, 0.1) is 16.9 Å². The number of anilines is 1. The van der Waals surface area contributed by atoms with Crippen molar-refractivity contribution in [3.8, 4) is 0 Å². The molecule has 1 heterocycles. The number of thioether (sulfide) groups is 1. The zero-order valence-electron chi connectivity index (χ0n) is 15.9. The van der Waals surface area contributed by atoms with E-state index in [1.165, 1.54) is 30.5 Å². The van der Waals surface area contributed by atoms with Crippen molar-refractivity contribution in [2.75, 3.05) is 17.0 Å². The number of hydrogen-bond acceptors (Lipinski definition) is 9. The lowest BCUT2D eigenvalue weighted by Crippen LogP contribution is -2.25. The van der Waals surface area contributed by atoms with Gasteiger partial charge in [0.25, 0.3) is 11.6 Å².